The molecule has 1 heterocycles. The van der Waals surface area contributed by atoms with Crippen molar-refractivity contribution in [3.63, 3.8) is 0 Å². The van der Waals surface area contributed by atoms with Gasteiger partial charge in [-0.3, -0.25) is 0 Å². The number of ether oxygens (including phenoxy) is 1. The lowest BCUT2D eigenvalue weighted by Crippen LogP contribution is -2.52. The average molecular weight is 340 g/mol. The zero-order valence-corrected chi connectivity index (χ0v) is 15.1. The number of hydrogen-bond acceptors (Lipinski definition) is 1. The molecule has 1 fully saturated rings. The van der Waals surface area contributed by atoms with Gasteiger partial charge in [0.05, 0.1) is 8.07 Å². The van der Waals surface area contributed by atoms with E-state index in [1.165, 1.54) is 0 Å². The molecule has 1 aromatic carbocycles. The van der Waals surface area contributed by atoms with Gasteiger partial charge in [-0.25, -0.2) is 0 Å². The second-order valence-electron chi connectivity index (χ2n) is 7.08. The van der Waals surface area contributed by atoms with E-state index in [1.807, 2.05) is 32.6 Å². The molecule has 2 atom stereocenters. The fourth-order valence-corrected chi connectivity index (χ4v) is 5.76. The fourth-order valence-electron chi connectivity index (χ4n) is 3.11. The predicted molar refractivity (Wildman–Crippen MR) is 88.8 cm³/mol. The molecule has 0 radical (unpaired) electrons. The highest BCUT2D eigenvalue weighted by Gasteiger charge is 2.85. The van der Waals surface area contributed by atoms with Crippen molar-refractivity contribution in [3.8, 4) is 11.8 Å². The van der Waals surface area contributed by atoms with E-state index in [0.717, 1.165) is 12.8 Å². The third-order valence-corrected chi connectivity index (χ3v) is 7.63. The van der Waals surface area contributed by atoms with Gasteiger partial charge in [-0.1, -0.05) is 69.4 Å². The first-order valence-electron chi connectivity index (χ1n) is 7.95. The molecule has 1 nitrogen and oxygen atoms in total. The quantitative estimate of drug-likeness (QED) is 0.418. The summed E-state index contributed by atoms with van der Waals surface area (Å²) in [6, 6.07) is 8.76. The fraction of sp³-hybridized carbons (Fsp3) is 0.556. The molecule has 0 aromatic heterocycles. The minimum Gasteiger partial charge on any atom is -0.344 e. The Morgan fingerprint density at radius 2 is 1.74 bits per heavy atom. The lowest BCUT2D eigenvalue weighted by atomic mass is 9.99. The van der Waals surface area contributed by atoms with Gasteiger partial charge >= 0.3 is 6.18 Å². The second-order valence-corrected chi connectivity index (χ2v) is 12.4. The molecular weight excluding hydrogens is 317 g/mol. The van der Waals surface area contributed by atoms with Gasteiger partial charge in [0.1, 0.15) is 5.22 Å². The lowest BCUT2D eigenvalue weighted by molar-refractivity contribution is -0.167. The second kappa shape index (κ2) is 5.99. The number of hydrogen-bond donors (Lipinski definition) is 0. The first-order chi connectivity index (χ1) is 10.6. The van der Waals surface area contributed by atoms with Crippen LogP contribution in [0.2, 0.25) is 19.6 Å². The van der Waals surface area contributed by atoms with Crippen molar-refractivity contribution in [2.75, 3.05) is 0 Å². The van der Waals surface area contributed by atoms with Gasteiger partial charge < -0.3 is 4.74 Å². The van der Waals surface area contributed by atoms with Gasteiger partial charge in [-0.05, 0) is 18.6 Å². The summed E-state index contributed by atoms with van der Waals surface area (Å²) in [6.07, 6.45) is -2.50. The highest BCUT2D eigenvalue weighted by Crippen LogP contribution is 2.63. The smallest absolute Gasteiger partial charge is 0.344 e. The van der Waals surface area contributed by atoms with Gasteiger partial charge in [0.25, 0.3) is 5.60 Å². The van der Waals surface area contributed by atoms with E-state index in [9.17, 15) is 13.2 Å². The highest BCUT2D eigenvalue weighted by molar-refractivity contribution is 6.80. The normalized spacial score (nSPS) is 27.3. The van der Waals surface area contributed by atoms with Crippen LogP contribution < -0.4 is 0 Å². The maximum Gasteiger partial charge on any atom is 0.431 e. The van der Waals surface area contributed by atoms with E-state index in [4.69, 9.17) is 4.74 Å². The Labute approximate surface area is 137 Å². The van der Waals surface area contributed by atoms with Crippen molar-refractivity contribution in [2.24, 2.45) is 0 Å². The van der Waals surface area contributed by atoms with Crippen molar-refractivity contribution in [1.29, 1.82) is 0 Å². The summed E-state index contributed by atoms with van der Waals surface area (Å²) in [5, 5.41) is -1.14. The molecule has 1 aromatic rings. The third kappa shape index (κ3) is 3.07. The first kappa shape index (κ1) is 18.1. The average Bonchev–Trinajstić information content (AvgIpc) is 3.15. The molecule has 23 heavy (non-hydrogen) atoms. The van der Waals surface area contributed by atoms with Gasteiger partial charge in [0.15, 0.2) is 0 Å². The zero-order valence-electron chi connectivity index (χ0n) is 14.1. The number of unbranched alkanes of at least 4 members (excludes halogenated alkanes) is 1. The molecule has 1 aliphatic rings. The maximum atomic E-state index is 13.8. The van der Waals surface area contributed by atoms with Crippen LogP contribution in [0.5, 0.6) is 0 Å². The van der Waals surface area contributed by atoms with E-state index < -0.39 is 25.1 Å². The summed E-state index contributed by atoms with van der Waals surface area (Å²) in [7, 11) is -2.24. The number of rotatable bonds is 4. The molecule has 1 aliphatic heterocycles. The SMILES string of the molecule is CCCC[C@]1([Si](C)(C)C)O[C@]1(C#Cc1ccccc1)C(F)(F)F. The van der Waals surface area contributed by atoms with Crippen LogP contribution in [0.3, 0.4) is 0 Å². The molecule has 0 amide bonds. The van der Waals surface area contributed by atoms with Crippen molar-refractivity contribution in [1.82, 2.24) is 0 Å². The van der Waals surface area contributed by atoms with Crippen molar-refractivity contribution in [3.05, 3.63) is 35.9 Å². The number of halogens is 3. The van der Waals surface area contributed by atoms with Crippen LogP contribution in [-0.4, -0.2) is 25.1 Å². The lowest BCUT2D eigenvalue weighted by Gasteiger charge is -2.29. The molecule has 0 bridgehead atoms. The molecule has 126 valence electrons. The van der Waals surface area contributed by atoms with Crippen LogP contribution in [0, 0.1) is 11.8 Å². The van der Waals surface area contributed by atoms with Crippen LogP contribution in [0.15, 0.2) is 30.3 Å². The topological polar surface area (TPSA) is 12.5 Å². The Bertz CT molecular complexity index is 609. The first-order valence-corrected chi connectivity index (χ1v) is 11.4. The van der Waals surface area contributed by atoms with Gasteiger partial charge in [0, 0.05) is 5.56 Å². The van der Waals surface area contributed by atoms with Crippen molar-refractivity contribution < 1.29 is 17.9 Å². The van der Waals surface area contributed by atoms with Crippen molar-refractivity contribution >= 4 is 8.07 Å². The summed E-state index contributed by atoms with van der Waals surface area (Å²) in [5.41, 5.74) is -1.73. The van der Waals surface area contributed by atoms with Gasteiger partial charge in [-0.15, -0.1) is 0 Å². The number of alkyl halides is 3. The minimum atomic E-state index is -4.48. The standard InChI is InChI=1S/C18H23F3OSi/c1-5-6-13-17(23(2,3)4)16(22-17,18(19,20)21)14-12-15-10-8-7-9-11-15/h7-11H,5-6,13H2,1-4H3/t16-,17+/m0/s1. The largest absolute Gasteiger partial charge is 0.431 e. The summed E-state index contributed by atoms with van der Waals surface area (Å²) < 4.78 is 47.0. The number of epoxide rings is 1. The molecule has 0 aliphatic carbocycles. The van der Waals surface area contributed by atoms with Crippen LogP contribution in [0.1, 0.15) is 31.7 Å². The predicted octanol–water partition coefficient (Wildman–Crippen LogP) is 5.18. The molecule has 0 unspecified atom stereocenters. The monoisotopic (exact) mass is 340 g/mol. The molecule has 1 saturated heterocycles. The highest BCUT2D eigenvalue weighted by atomic mass is 28.3. The Morgan fingerprint density at radius 1 is 1.13 bits per heavy atom. The van der Waals surface area contributed by atoms with Crippen molar-refractivity contribution in [2.45, 2.75) is 62.8 Å². The van der Waals surface area contributed by atoms with E-state index in [1.54, 1.807) is 24.3 Å². The Hall–Kier alpha value is -1.25. The number of benzene rings is 1. The van der Waals surface area contributed by atoms with Crippen LogP contribution in [-0.2, 0) is 4.74 Å². The Balaban J connectivity index is 2.46. The Morgan fingerprint density at radius 3 is 2.22 bits per heavy atom. The molecule has 0 saturated carbocycles. The van der Waals surface area contributed by atoms with E-state index in [-0.39, 0.29) is 0 Å². The Kier molecular flexibility index (Phi) is 4.71. The summed E-state index contributed by atoms with van der Waals surface area (Å²) in [4.78, 5) is 0. The molecule has 5 heteroatoms. The molecule has 0 spiro atoms. The van der Waals surface area contributed by atoms with Crippen LogP contribution >= 0.6 is 0 Å². The van der Waals surface area contributed by atoms with Gasteiger partial charge in [-0.2, -0.15) is 13.2 Å². The van der Waals surface area contributed by atoms with Crippen LogP contribution in [0.4, 0.5) is 13.2 Å². The van der Waals surface area contributed by atoms with E-state index in [0.29, 0.717) is 12.0 Å². The van der Waals surface area contributed by atoms with E-state index in [2.05, 4.69) is 11.8 Å². The summed E-state index contributed by atoms with van der Waals surface area (Å²) in [6.45, 7) is 7.77. The van der Waals surface area contributed by atoms with E-state index >= 15 is 0 Å². The molecule has 2 rings (SSSR count). The van der Waals surface area contributed by atoms with Crippen LogP contribution in [0.25, 0.3) is 0 Å². The third-order valence-electron chi connectivity index (χ3n) is 4.50. The maximum absolute atomic E-state index is 13.8. The summed E-state index contributed by atoms with van der Waals surface area (Å²) >= 11 is 0. The molecular formula is C18H23F3OSi. The summed E-state index contributed by atoms with van der Waals surface area (Å²) in [5.74, 6) is 5.15. The van der Waals surface area contributed by atoms with Gasteiger partial charge in [0.2, 0.25) is 0 Å². The molecule has 0 N–H and O–H groups in total. The zero-order chi connectivity index (χ0) is 17.4. The minimum absolute atomic E-state index is 0.419.